The van der Waals surface area contributed by atoms with Crippen molar-refractivity contribution >= 4 is 5.91 Å². The van der Waals surface area contributed by atoms with Gasteiger partial charge in [0.15, 0.2) is 0 Å². The number of carbonyl (C=O) groups is 1. The van der Waals surface area contributed by atoms with Crippen LogP contribution in [0.25, 0.3) is 0 Å². The Morgan fingerprint density at radius 1 is 1.67 bits per heavy atom. The van der Waals surface area contributed by atoms with E-state index >= 15 is 0 Å². The van der Waals surface area contributed by atoms with Crippen LogP contribution < -0.4 is 11.1 Å². The zero-order valence-electron chi connectivity index (χ0n) is 13.0. The first-order valence-electron chi connectivity index (χ1n) is 7.40. The van der Waals surface area contributed by atoms with E-state index in [0.717, 1.165) is 5.56 Å². The minimum Gasteiger partial charge on any atom is -0.378 e. The smallest absolute Gasteiger partial charge is 0.239 e. The van der Waals surface area contributed by atoms with E-state index in [2.05, 4.69) is 15.3 Å². The Hall–Kier alpha value is -1.44. The van der Waals surface area contributed by atoms with E-state index in [1.54, 1.807) is 4.68 Å². The fraction of sp³-hybridized carbons (Fsp3) is 0.714. The van der Waals surface area contributed by atoms with Crippen molar-refractivity contribution < 1.29 is 9.53 Å². The van der Waals surface area contributed by atoms with E-state index in [4.69, 9.17) is 10.5 Å². The standard InChI is InChI=1S/C14H25N5O2/c1-4-16-14(20)12-9-21-6-5-19(12)13(10(2)15)11-7-17-18(3)8-11/h7-8,10,12-13H,4-6,9,15H2,1-3H3,(H,16,20). The molecule has 1 fully saturated rings. The molecule has 1 aliphatic heterocycles. The molecule has 1 amide bonds. The van der Waals surface area contributed by atoms with Gasteiger partial charge in [0.25, 0.3) is 0 Å². The van der Waals surface area contributed by atoms with E-state index in [0.29, 0.717) is 26.3 Å². The number of nitrogens with one attached hydrogen (secondary N) is 1. The normalized spacial score (nSPS) is 22.8. The first-order valence-corrected chi connectivity index (χ1v) is 7.40. The zero-order valence-corrected chi connectivity index (χ0v) is 13.0. The van der Waals surface area contributed by atoms with Gasteiger partial charge in [0.1, 0.15) is 6.04 Å². The minimum absolute atomic E-state index is 0.00765. The summed E-state index contributed by atoms with van der Waals surface area (Å²) < 4.78 is 7.24. The summed E-state index contributed by atoms with van der Waals surface area (Å²) in [6, 6.07) is -0.464. The Morgan fingerprint density at radius 3 is 3.00 bits per heavy atom. The maximum atomic E-state index is 12.3. The number of likely N-dealkylation sites (N-methyl/N-ethyl adjacent to an activating group) is 1. The zero-order chi connectivity index (χ0) is 15.4. The van der Waals surface area contributed by atoms with Crippen LogP contribution >= 0.6 is 0 Å². The number of aryl methyl sites for hydroxylation is 1. The summed E-state index contributed by atoms with van der Waals surface area (Å²) in [6.07, 6.45) is 3.77. The summed E-state index contributed by atoms with van der Waals surface area (Å²) in [5.41, 5.74) is 7.23. The quantitative estimate of drug-likeness (QED) is 0.775. The Bertz CT molecular complexity index is 474. The molecule has 0 aromatic carbocycles. The Balaban J connectivity index is 2.25. The molecule has 7 nitrogen and oxygen atoms in total. The van der Waals surface area contributed by atoms with Crippen LogP contribution in [0.15, 0.2) is 12.4 Å². The molecule has 2 rings (SSSR count). The van der Waals surface area contributed by atoms with Gasteiger partial charge < -0.3 is 15.8 Å². The molecule has 0 radical (unpaired) electrons. The third kappa shape index (κ3) is 3.61. The molecule has 1 aliphatic rings. The van der Waals surface area contributed by atoms with E-state index in [1.807, 2.05) is 33.3 Å². The molecule has 0 aliphatic carbocycles. The lowest BCUT2D eigenvalue weighted by atomic mass is 9.99. The summed E-state index contributed by atoms with van der Waals surface area (Å²) in [5.74, 6) is -0.00765. The number of morpholine rings is 1. The largest absolute Gasteiger partial charge is 0.378 e. The third-order valence-electron chi connectivity index (χ3n) is 3.75. The number of aromatic nitrogens is 2. The van der Waals surface area contributed by atoms with Gasteiger partial charge in [-0.25, -0.2) is 0 Å². The third-order valence-corrected chi connectivity index (χ3v) is 3.75. The van der Waals surface area contributed by atoms with Gasteiger partial charge >= 0.3 is 0 Å². The lowest BCUT2D eigenvalue weighted by molar-refractivity contribution is -0.135. The summed E-state index contributed by atoms with van der Waals surface area (Å²) in [7, 11) is 1.88. The predicted molar refractivity (Wildman–Crippen MR) is 79.6 cm³/mol. The lowest BCUT2D eigenvalue weighted by Crippen LogP contribution is -2.57. The van der Waals surface area contributed by atoms with Gasteiger partial charge in [-0.2, -0.15) is 5.10 Å². The number of nitrogens with two attached hydrogens (primary N) is 1. The number of hydrogen-bond donors (Lipinski definition) is 2. The van der Waals surface area contributed by atoms with Gasteiger partial charge in [0.2, 0.25) is 5.91 Å². The summed E-state index contributed by atoms with van der Waals surface area (Å²) >= 11 is 0. The van der Waals surface area contributed by atoms with Gasteiger partial charge in [-0.1, -0.05) is 0 Å². The van der Waals surface area contributed by atoms with Crippen molar-refractivity contribution in [2.45, 2.75) is 32.0 Å². The number of hydrogen-bond acceptors (Lipinski definition) is 5. The van der Waals surface area contributed by atoms with E-state index in [-0.39, 0.29) is 24.0 Å². The van der Waals surface area contributed by atoms with Gasteiger partial charge in [0, 0.05) is 37.9 Å². The van der Waals surface area contributed by atoms with Crippen molar-refractivity contribution in [2.75, 3.05) is 26.3 Å². The summed E-state index contributed by atoms with van der Waals surface area (Å²) in [5, 5.41) is 7.10. The molecule has 1 aromatic rings. The van der Waals surface area contributed by atoms with Crippen LogP contribution in [0.2, 0.25) is 0 Å². The molecule has 0 bridgehead atoms. The molecule has 0 saturated carbocycles. The molecule has 3 atom stereocenters. The van der Waals surface area contributed by atoms with Crippen molar-refractivity contribution in [3.63, 3.8) is 0 Å². The summed E-state index contributed by atoms with van der Waals surface area (Å²) in [4.78, 5) is 14.4. The van der Waals surface area contributed by atoms with Crippen molar-refractivity contribution in [1.29, 1.82) is 0 Å². The van der Waals surface area contributed by atoms with Crippen molar-refractivity contribution in [1.82, 2.24) is 20.0 Å². The van der Waals surface area contributed by atoms with Crippen molar-refractivity contribution in [3.8, 4) is 0 Å². The molecule has 7 heteroatoms. The molecule has 118 valence electrons. The average molecular weight is 295 g/mol. The van der Waals surface area contributed by atoms with Gasteiger partial charge in [-0.15, -0.1) is 0 Å². The molecule has 1 aromatic heterocycles. The number of nitrogens with zero attached hydrogens (tertiary/aromatic N) is 3. The molecule has 3 unspecified atom stereocenters. The SMILES string of the molecule is CCNC(=O)C1COCCN1C(c1cnn(C)c1)C(C)N. The van der Waals surface area contributed by atoms with Crippen LogP contribution in [-0.2, 0) is 16.6 Å². The van der Waals surface area contributed by atoms with Gasteiger partial charge in [0.05, 0.1) is 25.5 Å². The monoisotopic (exact) mass is 295 g/mol. The maximum Gasteiger partial charge on any atom is 0.239 e. The number of amides is 1. The second-order valence-electron chi connectivity index (χ2n) is 5.47. The molecule has 21 heavy (non-hydrogen) atoms. The highest BCUT2D eigenvalue weighted by molar-refractivity contribution is 5.82. The van der Waals surface area contributed by atoms with Crippen molar-refractivity contribution in [2.24, 2.45) is 12.8 Å². The van der Waals surface area contributed by atoms with E-state index in [9.17, 15) is 4.79 Å². The van der Waals surface area contributed by atoms with Crippen LogP contribution in [0.5, 0.6) is 0 Å². The van der Waals surface area contributed by atoms with Crippen molar-refractivity contribution in [3.05, 3.63) is 18.0 Å². The fourth-order valence-corrected chi connectivity index (χ4v) is 2.86. The van der Waals surface area contributed by atoms with Crippen LogP contribution in [0, 0.1) is 0 Å². The van der Waals surface area contributed by atoms with E-state index < -0.39 is 0 Å². The Kier molecular flexibility index (Phi) is 5.33. The average Bonchev–Trinajstić information content (AvgIpc) is 2.85. The lowest BCUT2D eigenvalue weighted by Gasteiger charge is -2.41. The molecule has 1 saturated heterocycles. The van der Waals surface area contributed by atoms with Crippen LogP contribution in [-0.4, -0.2) is 59.0 Å². The first-order chi connectivity index (χ1) is 10.0. The topological polar surface area (TPSA) is 85.4 Å². The fourth-order valence-electron chi connectivity index (χ4n) is 2.86. The number of ether oxygens (including phenoxy) is 1. The maximum absolute atomic E-state index is 12.3. The molecular weight excluding hydrogens is 270 g/mol. The Labute approximate surface area is 125 Å². The molecule has 3 N–H and O–H groups in total. The highest BCUT2D eigenvalue weighted by Crippen LogP contribution is 2.27. The number of carbonyl (C=O) groups excluding carboxylic acids is 1. The van der Waals surface area contributed by atoms with Crippen LogP contribution in [0.1, 0.15) is 25.5 Å². The second kappa shape index (κ2) is 7.02. The van der Waals surface area contributed by atoms with Crippen LogP contribution in [0.3, 0.4) is 0 Å². The van der Waals surface area contributed by atoms with E-state index in [1.165, 1.54) is 0 Å². The highest BCUT2D eigenvalue weighted by Gasteiger charge is 2.36. The molecular formula is C14H25N5O2. The highest BCUT2D eigenvalue weighted by atomic mass is 16.5. The minimum atomic E-state index is -0.310. The summed E-state index contributed by atoms with van der Waals surface area (Å²) in [6.45, 7) is 6.18. The van der Waals surface area contributed by atoms with Gasteiger partial charge in [-0.05, 0) is 13.8 Å². The number of rotatable bonds is 5. The Morgan fingerprint density at radius 2 is 2.43 bits per heavy atom. The molecule has 2 heterocycles. The predicted octanol–water partition coefficient (Wildman–Crippen LogP) is -0.355. The second-order valence-corrected chi connectivity index (χ2v) is 5.47. The first kappa shape index (κ1) is 15.9. The molecule has 0 spiro atoms. The van der Waals surface area contributed by atoms with Crippen LogP contribution in [0.4, 0.5) is 0 Å². The van der Waals surface area contributed by atoms with Gasteiger partial charge in [-0.3, -0.25) is 14.4 Å².